The van der Waals surface area contributed by atoms with Crippen molar-refractivity contribution in [1.29, 1.82) is 0 Å². The van der Waals surface area contributed by atoms with E-state index in [4.69, 9.17) is 0 Å². The molecule has 108 valence electrons. The summed E-state index contributed by atoms with van der Waals surface area (Å²) in [6, 6.07) is 10.5. The lowest BCUT2D eigenvalue weighted by molar-refractivity contribution is 0.0747. The van der Waals surface area contributed by atoms with Gasteiger partial charge in [0.25, 0.3) is 5.91 Å². The van der Waals surface area contributed by atoms with Gasteiger partial charge in [0.15, 0.2) is 0 Å². The predicted molar refractivity (Wildman–Crippen MR) is 84.1 cm³/mol. The molecule has 1 aliphatic heterocycles. The Morgan fingerprint density at radius 1 is 1.29 bits per heavy atom. The Labute approximate surface area is 125 Å². The molecule has 1 amide bonds. The van der Waals surface area contributed by atoms with Gasteiger partial charge in [-0.05, 0) is 43.9 Å². The number of nitrogens with zero attached hydrogens (tertiary/aromatic N) is 2. The molecule has 3 rings (SSSR count). The summed E-state index contributed by atoms with van der Waals surface area (Å²) in [6.45, 7) is 5.05. The molecule has 1 atom stereocenters. The summed E-state index contributed by atoms with van der Waals surface area (Å²) in [5, 5.41) is 0. The first-order valence-corrected chi connectivity index (χ1v) is 7.49. The van der Waals surface area contributed by atoms with Crippen molar-refractivity contribution in [2.75, 3.05) is 6.54 Å². The van der Waals surface area contributed by atoms with Gasteiger partial charge >= 0.3 is 0 Å². The summed E-state index contributed by atoms with van der Waals surface area (Å²) in [5.41, 5.74) is 4.02. The Morgan fingerprint density at radius 2 is 2.10 bits per heavy atom. The minimum Gasteiger partial charge on any atom is -0.336 e. The van der Waals surface area contributed by atoms with Gasteiger partial charge in [0.1, 0.15) is 0 Å². The van der Waals surface area contributed by atoms with Crippen molar-refractivity contribution in [2.45, 2.75) is 32.7 Å². The summed E-state index contributed by atoms with van der Waals surface area (Å²) in [6.07, 6.45) is 5.69. The van der Waals surface area contributed by atoms with Gasteiger partial charge in [-0.15, -0.1) is 0 Å². The van der Waals surface area contributed by atoms with E-state index in [2.05, 4.69) is 31.0 Å². The van der Waals surface area contributed by atoms with Crippen molar-refractivity contribution in [3.8, 4) is 11.1 Å². The van der Waals surface area contributed by atoms with Crippen LogP contribution in [0.3, 0.4) is 0 Å². The second kappa shape index (κ2) is 5.68. The van der Waals surface area contributed by atoms with Crippen LogP contribution in [0.5, 0.6) is 0 Å². The molecule has 1 unspecified atom stereocenters. The second-order valence-electron chi connectivity index (χ2n) is 5.77. The lowest BCUT2D eigenvalue weighted by atomic mass is 10.0. The highest BCUT2D eigenvalue weighted by Gasteiger charge is 2.26. The Bertz CT molecular complexity index is 666. The molecule has 1 aliphatic rings. The molecule has 2 heterocycles. The monoisotopic (exact) mass is 280 g/mol. The number of aryl methyl sites for hydroxylation is 1. The maximum Gasteiger partial charge on any atom is 0.255 e. The van der Waals surface area contributed by atoms with Gasteiger partial charge in [-0.2, -0.15) is 0 Å². The van der Waals surface area contributed by atoms with Gasteiger partial charge in [-0.1, -0.05) is 24.3 Å². The van der Waals surface area contributed by atoms with E-state index < -0.39 is 0 Å². The molecule has 1 aromatic heterocycles. The normalized spacial score (nSPS) is 18.0. The first-order chi connectivity index (χ1) is 10.2. The minimum absolute atomic E-state index is 0.0999. The highest BCUT2D eigenvalue weighted by Crippen LogP contribution is 2.25. The first kappa shape index (κ1) is 13.8. The lowest BCUT2D eigenvalue weighted by Gasteiger charge is -2.21. The van der Waals surface area contributed by atoms with E-state index in [0.717, 1.165) is 30.5 Å². The molecular weight excluding hydrogens is 260 g/mol. The van der Waals surface area contributed by atoms with Crippen LogP contribution in [0.15, 0.2) is 42.7 Å². The molecule has 0 radical (unpaired) electrons. The molecule has 21 heavy (non-hydrogen) atoms. The van der Waals surface area contributed by atoms with Crippen molar-refractivity contribution in [3.05, 3.63) is 53.9 Å². The first-order valence-electron chi connectivity index (χ1n) is 7.49. The van der Waals surface area contributed by atoms with Gasteiger partial charge in [0, 0.05) is 30.5 Å². The fraction of sp³-hybridized carbons (Fsp3) is 0.333. The Hall–Kier alpha value is -2.16. The Balaban J connectivity index is 1.94. The third-order valence-corrected chi connectivity index (χ3v) is 4.26. The summed E-state index contributed by atoms with van der Waals surface area (Å²) in [5.74, 6) is 0.0999. The minimum atomic E-state index is 0.0999. The van der Waals surface area contributed by atoms with E-state index in [1.54, 1.807) is 6.20 Å². The quantitative estimate of drug-likeness (QED) is 0.840. The lowest BCUT2D eigenvalue weighted by Crippen LogP contribution is -2.33. The van der Waals surface area contributed by atoms with E-state index in [-0.39, 0.29) is 5.91 Å². The zero-order valence-corrected chi connectivity index (χ0v) is 12.5. The van der Waals surface area contributed by atoms with E-state index >= 15 is 0 Å². The molecule has 1 fully saturated rings. The molecule has 3 nitrogen and oxygen atoms in total. The average molecular weight is 280 g/mol. The van der Waals surface area contributed by atoms with E-state index in [0.29, 0.717) is 11.6 Å². The van der Waals surface area contributed by atoms with Crippen LogP contribution in [0.4, 0.5) is 0 Å². The number of hydrogen-bond donors (Lipinski definition) is 0. The van der Waals surface area contributed by atoms with E-state index in [1.807, 2.05) is 29.3 Å². The number of likely N-dealkylation sites (tertiary alicyclic amines) is 1. The fourth-order valence-electron chi connectivity index (χ4n) is 3.00. The maximum atomic E-state index is 12.6. The standard InChI is InChI=1S/C18H20N2O/c1-13-6-3-4-8-17(13)15-10-16(12-19-11-15)18(21)20-9-5-7-14(20)2/h3-4,6,8,10-12,14H,5,7,9H2,1-2H3. The molecule has 1 saturated heterocycles. The fourth-order valence-corrected chi connectivity index (χ4v) is 3.00. The Morgan fingerprint density at radius 3 is 2.81 bits per heavy atom. The molecule has 0 N–H and O–H groups in total. The number of carbonyl (C=O) groups is 1. The molecule has 0 saturated carbocycles. The number of benzene rings is 1. The van der Waals surface area contributed by atoms with Crippen molar-refractivity contribution < 1.29 is 4.79 Å². The zero-order chi connectivity index (χ0) is 14.8. The average Bonchev–Trinajstić information content (AvgIpc) is 2.93. The van der Waals surface area contributed by atoms with Crippen LogP contribution < -0.4 is 0 Å². The Kier molecular flexibility index (Phi) is 3.74. The number of carbonyl (C=O) groups excluding carboxylic acids is 1. The highest BCUT2D eigenvalue weighted by atomic mass is 16.2. The van der Waals surface area contributed by atoms with E-state index in [9.17, 15) is 4.79 Å². The summed E-state index contributed by atoms with van der Waals surface area (Å²) in [4.78, 5) is 18.8. The van der Waals surface area contributed by atoms with Crippen LogP contribution in [0.1, 0.15) is 35.7 Å². The third-order valence-electron chi connectivity index (χ3n) is 4.26. The van der Waals surface area contributed by atoms with Crippen LogP contribution in [0, 0.1) is 6.92 Å². The topological polar surface area (TPSA) is 33.2 Å². The SMILES string of the molecule is Cc1ccccc1-c1cncc(C(=O)N2CCCC2C)c1. The predicted octanol–water partition coefficient (Wildman–Crippen LogP) is 3.68. The van der Waals surface area contributed by atoms with Crippen LogP contribution in [0.25, 0.3) is 11.1 Å². The molecule has 1 aromatic carbocycles. The molecule has 2 aromatic rings. The summed E-state index contributed by atoms with van der Waals surface area (Å²) < 4.78 is 0. The number of pyridine rings is 1. The van der Waals surface area contributed by atoms with Crippen LogP contribution in [0.2, 0.25) is 0 Å². The number of aromatic nitrogens is 1. The third kappa shape index (κ3) is 2.68. The second-order valence-corrected chi connectivity index (χ2v) is 5.77. The van der Waals surface area contributed by atoms with Crippen molar-refractivity contribution >= 4 is 5.91 Å². The molecule has 0 spiro atoms. The zero-order valence-electron chi connectivity index (χ0n) is 12.5. The van der Waals surface area contributed by atoms with Crippen molar-refractivity contribution in [3.63, 3.8) is 0 Å². The number of rotatable bonds is 2. The van der Waals surface area contributed by atoms with Gasteiger partial charge in [-0.25, -0.2) is 0 Å². The van der Waals surface area contributed by atoms with Crippen molar-refractivity contribution in [2.24, 2.45) is 0 Å². The van der Waals surface area contributed by atoms with Crippen LogP contribution >= 0.6 is 0 Å². The van der Waals surface area contributed by atoms with Gasteiger partial charge < -0.3 is 4.90 Å². The van der Waals surface area contributed by atoms with Gasteiger partial charge in [-0.3, -0.25) is 9.78 Å². The van der Waals surface area contributed by atoms with Crippen molar-refractivity contribution in [1.82, 2.24) is 9.88 Å². The largest absolute Gasteiger partial charge is 0.336 e. The number of amides is 1. The molecule has 0 bridgehead atoms. The smallest absolute Gasteiger partial charge is 0.255 e. The highest BCUT2D eigenvalue weighted by molar-refractivity contribution is 5.95. The number of hydrogen-bond acceptors (Lipinski definition) is 2. The molecule has 3 heteroatoms. The van der Waals surface area contributed by atoms with E-state index in [1.165, 1.54) is 5.56 Å². The van der Waals surface area contributed by atoms with Gasteiger partial charge in [0.05, 0.1) is 5.56 Å². The summed E-state index contributed by atoms with van der Waals surface area (Å²) >= 11 is 0. The summed E-state index contributed by atoms with van der Waals surface area (Å²) in [7, 11) is 0. The molecule has 0 aliphatic carbocycles. The molecular formula is C18H20N2O. The van der Waals surface area contributed by atoms with Crippen LogP contribution in [-0.2, 0) is 0 Å². The van der Waals surface area contributed by atoms with Crippen LogP contribution in [-0.4, -0.2) is 28.4 Å². The maximum absolute atomic E-state index is 12.6. The van der Waals surface area contributed by atoms with Gasteiger partial charge in [0.2, 0.25) is 0 Å².